The number of benzene rings is 1. The molecule has 0 unspecified atom stereocenters. The third-order valence-corrected chi connectivity index (χ3v) is 4.01. The molecule has 0 spiro atoms. The molecule has 1 heterocycles. The van der Waals surface area contributed by atoms with E-state index in [9.17, 15) is 19.7 Å². The molecule has 1 amide bonds. The van der Waals surface area contributed by atoms with E-state index < -0.39 is 28.6 Å². The monoisotopic (exact) mass is 376 g/mol. The highest BCUT2D eigenvalue weighted by Crippen LogP contribution is 2.29. The lowest BCUT2D eigenvalue weighted by Gasteiger charge is -2.15. The van der Waals surface area contributed by atoms with Gasteiger partial charge < -0.3 is 14.8 Å². The lowest BCUT2D eigenvalue weighted by atomic mass is 10.2. The number of amides is 1. The topological polar surface area (TPSA) is 126 Å². The van der Waals surface area contributed by atoms with Gasteiger partial charge in [0, 0.05) is 13.1 Å². The average molecular weight is 376 g/mol. The van der Waals surface area contributed by atoms with Crippen LogP contribution in [0.3, 0.4) is 0 Å². The van der Waals surface area contributed by atoms with Gasteiger partial charge in [0.2, 0.25) is 0 Å². The lowest BCUT2D eigenvalue weighted by molar-refractivity contribution is -0.386. The first kappa shape index (κ1) is 19.9. The van der Waals surface area contributed by atoms with Crippen LogP contribution in [0.2, 0.25) is 0 Å². The van der Waals surface area contributed by atoms with Gasteiger partial charge >= 0.3 is 11.7 Å². The number of hydrogen-bond donors (Lipinski definition) is 1. The van der Waals surface area contributed by atoms with Crippen LogP contribution >= 0.6 is 0 Å². The predicted octanol–water partition coefficient (Wildman–Crippen LogP) is 2.14. The Balaban J connectivity index is 2.21. The van der Waals surface area contributed by atoms with Gasteiger partial charge in [-0.25, -0.2) is 4.79 Å². The Morgan fingerprint density at radius 1 is 1.33 bits per heavy atom. The molecule has 0 radical (unpaired) electrons. The van der Waals surface area contributed by atoms with Gasteiger partial charge in [-0.1, -0.05) is 0 Å². The van der Waals surface area contributed by atoms with Crippen LogP contribution < -0.4 is 10.1 Å². The highest BCUT2D eigenvalue weighted by Gasteiger charge is 2.24. The number of carbonyl (C=O) groups is 2. The second-order valence-corrected chi connectivity index (χ2v) is 5.85. The zero-order valence-electron chi connectivity index (χ0n) is 15.6. The Kier molecular flexibility index (Phi) is 5.78. The molecule has 0 aliphatic heterocycles. The summed E-state index contributed by atoms with van der Waals surface area (Å²) in [5.41, 5.74) is 1.54. The van der Waals surface area contributed by atoms with E-state index in [-0.39, 0.29) is 11.3 Å². The fourth-order valence-corrected chi connectivity index (χ4v) is 2.43. The van der Waals surface area contributed by atoms with Gasteiger partial charge in [0.25, 0.3) is 5.91 Å². The summed E-state index contributed by atoms with van der Waals surface area (Å²) in [5, 5.41) is 18.2. The Hall–Kier alpha value is -3.43. The molecule has 10 nitrogen and oxygen atoms in total. The molecule has 1 aromatic carbocycles. The van der Waals surface area contributed by atoms with Gasteiger partial charge in [-0.15, -0.1) is 0 Å². The highest BCUT2D eigenvalue weighted by molar-refractivity contribution is 5.95. The van der Waals surface area contributed by atoms with Gasteiger partial charge in [0.15, 0.2) is 11.9 Å². The smallest absolute Gasteiger partial charge is 0.338 e. The van der Waals surface area contributed by atoms with Crippen molar-refractivity contribution in [3.63, 3.8) is 0 Å². The van der Waals surface area contributed by atoms with Crippen LogP contribution in [-0.2, 0) is 16.6 Å². The Bertz CT molecular complexity index is 905. The molecule has 0 aliphatic carbocycles. The first-order chi connectivity index (χ1) is 12.6. The van der Waals surface area contributed by atoms with Crippen LogP contribution in [0.25, 0.3) is 0 Å². The molecule has 0 aliphatic rings. The van der Waals surface area contributed by atoms with Crippen molar-refractivity contribution in [2.75, 3.05) is 12.4 Å². The number of anilines is 1. The van der Waals surface area contributed by atoms with Crippen LogP contribution in [0.15, 0.2) is 18.2 Å². The van der Waals surface area contributed by atoms with E-state index in [1.54, 1.807) is 25.6 Å². The van der Waals surface area contributed by atoms with Gasteiger partial charge in [-0.3, -0.25) is 19.6 Å². The molecule has 1 atom stereocenters. The quantitative estimate of drug-likeness (QED) is 0.465. The van der Waals surface area contributed by atoms with Gasteiger partial charge in [-0.2, -0.15) is 5.10 Å². The summed E-state index contributed by atoms with van der Waals surface area (Å²) >= 11 is 0. The minimum atomic E-state index is -1.02. The van der Waals surface area contributed by atoms with Crippen LogP contribution in [0.4, 0.5) is 11.4 Å². The molecule has 2 rings (SSSR count). The number of aromatic nitrogens is 2. The molecule has 1 aromatic heterocycles. The molecule has 144 valence electrons. The second kappa shape index (κ2) is 7.85. The maximum absolute atomic E-state index is 12.4. The fraction of sp³-hybridized carbons (Fsp3) is 0.353. The van der Waals surface area contributed by atoms with Crippen LogP contribution in [0.1, 0.15) is 28.7 Å². The van der Waals surface area contributed by atoms with Crippen molar-refractivity contribution >= 4 is 23.3 Å². The van der Waals surface area contributed by atoms with Crippen molar-refractivity contribution in [1.29, 1.82) is 0 Å². The normalized spacial score (nSPS) is 11.6. The van der Waals surface area contributed by atoms with E-state index in [1.807, 2.05) is 0 Å². The summed E-state index contributed by atoms with van der Waals surface area (Å²) in [6, 6.07) is 3.63. The minimum Gasteiger partial charge on any atom is -0.474 e. The fourth-order valence-electron chi connectivity index (χ4n) is 2.43. The van der Waals surface area contributed by atoms with Crippen molar-refractivity contribution in [1.82, 2.24) is 9.78 Å². The second-order valence-electron chi connectivity index (χ2n) is 5.85. The molecule has 0 saturated carbocycles. The van der Waals surface area contributed by atoms with E-state index in [0.29, 0.717) is 11.4 Å². The van der Waals surface area contributed by atoms with E-state index >= 15 is 0 Å². The molecule has 10 heteroatoms. The van der Waals surface area contributed by atoms with Crippen molar-refractivity contribution in [3.05, 3.63) is 45.3 Å². The average Bonchev–Trinajstić information content (AvgIpc) is 2.87. The Labute approximate surface area is 155 Å². The molecule has 2 aromatic rings. The van der Waals surface area contributed by atoms with E-state index in [2.05, 4.69) is 15.2 Å². The first-order valence-electron chi connectivity index (χ1n) is 8.00. The number of aryl methyl sites for hydroxylation is 2. The number of nitrogens with one attached hydrogen (secondary N) is 1. The molecule has 0 fully saturated rings. The number of methoxy groups -OCH3 is 1. The molecular weight excluding hydrogens is 356 g/mol. The Morgan fingerprint density at radius 3 is 2.52 bits per heavy atom. The molecular formula is C17H20N4O6. The third-order valence-electron chi connectivity index (χ3n) is 4.01. The summed E-state index contributed by atoms with van der Waals surface area (Å²) < 4.78 is 11.6. The largest absolute Gasteiger partial charge is 0.474 e. The molecule has 0 bridgehead atoms. The number of nitro benzene ring substituents is 1. The number of hydrogen-bond acceptors (Lipinski definition) is 7. The van der Waals surface area contributed by atoms with E-state index in [1.165, 1.54) is 26.2 Å². The first-order valence-corrected chi connectivity index (χ1v) is 8.00. The molecule has 0 saturated heterocycles. The number of nitrogens with zero attached hydrogens (tertiary/aromatic N) is 3. The zero-order valence-corrected chi connectivity index (χ0v) is 15.6. The summed E-state index contributed by atoms with van der Waals surface area (Å²) in [5.74, 6) is -1.33. The van der Waals surface area contributed by atoms with Crippen LogP contribution in [0, 0.1) is 24.0 Å². The summed E-state index contributed by atoms with van der Waals surface area (Å²) in [6.07, 6.45) is -1.02. The van der Waals surface area contributed by atoms with Crippen molar-refractivity contribution in [2.45, 2.75) is 26.9 Å². The van der Waals surface area contributed by atoms with Gasteiger partial charge in [-0.05, 0) is 32.9 Å². The summed E-state index contributed by atoms with van der Waals surface area (Å²) in [7, 11) is 2.93. The molecule has 27 heavy (non-hydrogen) atoms. The predicted molar refractivity (Wildman–Crippen MR) is 95.8 cm³/mol. The number of rotatable bonds is 6. The van der Waals surface area contributed by atoms with Crippen molar-refractivity contribution in [2.24, 2.45) is 7.05 Å². The SMILES string of the molecule is COC(=O)c1ccc(O[C@H](C)C(=O)Nc2c(C)nn(C)c2C)c([N+](=O)[O-])c1. The third kappa shape index (κ3) is 4.22. The summed E-state index contributed by atoms with van der Waals surface area (Å²) in [4.78, 5) is 34.5. The highest BCUT2D eigenvalue weighted by atomic mass is 16.6. The van der Waals surface area contributed by atoms with E-state index in [0.717, 1.165) is 11.8 Å². The summed E-state index contributed by atoms with van der Waals surface area (Å²) in [6.45, 7) is 5.02. The number of ether oxygens (including phenoxy) is 2. The van der Waals surface area contributed by atoms with E-state index in [4.69, 9.17) is 4.74 Å². The Morgan fingerprint density at radius 2 is 2.00 bits per heavy atom. The lowest BCUT2D eigenvalue weighted by Crippen LogP contribution is -2.30. The van der Waals surface area contributed by atoms with Crippen LogP contribution in [-0.4, -0.2) is 39.8 Å². The number of carbonyl (C=O) groups excluding carboxylic acids is 2. The van der Waals surface area contributed by atoms with Crippen molar-refractivity contribution in [3.8, 4) is 5.75 Å². The maximum atomic E-state index is 12.4. The number of nitro groups is 1. The standard InChI is InChI=1S/C17H20N4O6/c1-9-15(10(2)20(4)19-9)18-16(22)11(3)27-14-7-6-12(17(23)26-5)8-13(14)21(24)25/h6-8,11H,1-5H3,(H,18,22)/t11-/m1/s1. The number of esters is 1. The van der Waals surface area contributed by atoms with Gasteiger partial charge in [0.1, 0.15) is 0 Å². The van der Waals surface area contributed by atoms with Gasteiger partial charge in [0.05, 0.1) is 34.7 Å². The zero-order chi connectivity index (χ0) is 20.3. The maximum Gasteiger partial charge on any atom is 0.338 e. The van der Waals surface area contributed by atoms with Crippen LogP contribution in [0.5, 0.6) is 5.75 Å². The minimum absolute atomic E-state index is 0.00950. The van der Waals surface area contributed by atoms with Crippen molar-refractivity contribution < 1.29 is 24.0 Å². The molecule has 1 N–H and O–H groups in total.